The lowest BCUT2D eigenvalue weighted by Gasteiger charge is -2.20. The summed E-state index contributed by atoms with van der Waals surface area (Å²) in [6, 6.07) is 4.48. The average Bonchev–Trinajstić information content (AvgIpc) is 2.29. The zero-order valence-corrected chi connectivity index (χ0v) is 12.0. The van der Waals surface area contributed by atoms with Crippen molar-refractivity contribution < 1.29 is 19.7 Å². The Morgan fingerprint density at radius 3 is 2.65 bits per heavy atom. The van der Waals surface area contributed by atoms with Crippen molar-refractivity contribution in [3.05, 3.63) is 23.8 Å². The van der Waals surface area contributed by atoms with Crippen LogP contribution < -0.4 is 11.1 Å². The van der Waals surface area contributed by atoms with Crippen LogP contribution in [-0.2, 0) is 4.74 Å². The molecular weight excluding hydrogens is 260 g/mol. The lowest BCUT2D eigenvalue weighted by Crippen LogP contribution is -2.27. The number of amides is 1. The number of hydrogen-bond acceptors (Lipinski definition) is 5. The Bertz CT molecular complexity index is 469. The Labute approximate surface area is 118 Å². The zero-order chi connectivity index (χ0) is 15.3. The van der Waals surface area contributed by atoms with Gasteiger partial charge < -0.3 is 20.7 Å². The van der Waals surface area contributed by atoms with Crippen LogP contribution in [0.25, 0.3) is 0 Å². The van der Waals surface area contributed by atoms with Crippen LogP contribution in [0.2, 0.25) is 0 Å². The maximum atomic E-state index is 11.7. The number of phenolic OH excluding ortho intramolecular Hbond substituents is 1. The van der Waals surface area contributed by atoms with Gasteiger partial charge in [-0.05, 0) is 51.4 Å². The van der Waals surface area contributed by atoms with E-state index in [0.717, 1.165) is 0 Å². The van der Waals surface area contributed by atoms with E-state index in [1.807, 2.05) is 0 Å². The molecule has 6 nitrogen and oxygen atoms in total. The minimum atomic E-state index is -0.736. The second kappa shape index (κ2) is 6.58. The molecule has 1 rings (SSSR count). The summed E-state index contributed by atoms with van der Waals surface area (Å²) in [6.07, 6.45) is -1.01. The maximum absolute atomic E-state index is 11.7. The van der Waals surface area contributed by atoms with Crippen LogP contribution in [0.4, 0.5) is 10.5 Å². The van der Waals surface area contributed by atoms with E-state index >= 15 is 0 Å². The third kappa shape index (κ3) is 5.07. The number of phenols is 1. The molecule has 0 fully saturated rings. The fourth-order valence-electron chi connectivity index (χ4n) is 1.60. The van der Waals surface area contributed by atoms with E-state index < -0.39 is 17.8 Å². The quantitative estimate of drug-likeness (QED) is 0.633. The minimum Gasteiger partial charge on any atom is -0.506 e. The van der Waals surface area contributed by atoms with Gasteiger partial charge in [-0.2, -0.15) is 0 Å². The first-order valence-electron chi connectivity index (χ1n) is 6.44. The standard InChI is InChI=1S/C14H22N2O4/c1-14(2,3)20-13(19)16-10-8-9(4-5-12(10)18)11(17)6-7-15/h4-5,8,11,17-18H,6-7,15H2,1-3H3,(H,16,19)/t11-/m1/s1. The number of carbonyl (C=O) groups excluding carboxylic acids is 1. The smallest absolute Gasteiger partial charge is 0.412 e. The van der Waals surface area contributed by atoms with E-state index in [4.69, 9.17) is 10.5 Å². The van der Waals surface area contributed by atoms with Crippen LogP contribution >= 0.6 is 0 Å². The number of aliphatic hydroxyl groups excluding tert-OH is 1. The van der Waals surface area contributed by atoms with E-state index in [1.165, 1.54) is 12.1 Å². The van der Waals surface area contributed by atoms with Gasteiger partial charge in [-0.25, -0.2) is 4.79 Å². The fourth-order valence-corrected chi connectivity index (χ4v) is 1.60. The minimum absolute atomic E-state index is 0.0976. The largest absolute Gasteiger partial charge is 0.506 e. The number of nitrogens with two attached hydrogens (primary N) is 1. The number of aromatic hydroxyl groups is 1. The molecule has 5 N–H and O–H groups in total. The van der Waals surface area contributed by atoms with Crippen molar-refractivity contribution >= 4 is 11.8 Å². The second-order valence-corrected chi connectivity index (χ2v) is 5.50. The number of carbonyl (C=O) groups is 1. The number of ether oxygens (including phenoxy) is 1. The van der Waals surface area contributed by atoms with Crippen LogP contribution in [0.3, 0.4) is 0 Å². The molecule has 0 aromatic heterocycles. The number of hydrogen-bond donors (Lipinski definition) is 4. The molecule has 0 heterocycles. The molecule has 0 saturated heterocycles. The van der Waals surface area contributed by atoms with Gasteiger partial charge in [0.1, 0.15) is 11.4 Å². The maximum Gasteiger partial charge on any atom is 0.412 e. The molecule has 0 saturated carbocycles. The molecular formula is C14H22N2O4. The number of aliphatic hydroxyl groups is 1. The van der Waals surface area contributed by atoms with Crippen molar-refractivity contribution in [1.29, 1.82) is 0 Å². The summed E-state index contributed by atoms with van der Waals surface area (Å²) < 4.78 is 5.10. The van der Waals surface area contributed by atoms with Crippen LogP contribution in [0.15, 0.2) is 18.2 Å². The molecule has 0 aliphatic rings. The molecule has 0 spiro atoms. The number of nitrogens with one attached hydrogen (secondary N) is 1. The first-order valence-corrected chi connectivity index (χ1v) is 6.44. The highest BCUT2D eigenvalue weighted by Gasteiger charge is 2.18. The molecule has 6 heteroatoms. The van der Waals surface area contributed by atoms with Gasteiger partial charge in [0.25, 0.3) is 0 Å². The summed E-state index contributed by atoms with van der Waals surface area (Å²) in [6.45, 7) is 5.58. The zero-order valence-electron chi connectivity index (χ0n) is 12.0. The summed E-state index contributed by atoms with van der Waals surface area (Å²) >= 11 is 0. The molecule has 0 unspecified atom stereocenters. The lowest BCUT2D eigenvalue weighted by molar-refractivity contribution is 0.0635. The van der Waals surface area contributed by atoms with E-state index in [2.05, 4.69) is 5.32 Å². The van der Waals surface area contributed by atoms with E-state index in [1.54, 1.807) is 26.8 Å². The Morgan fingerprint density at radius 1 is 1.45 bits per heavy atom. The van der Waals surface area contributed by atoms with Gasteiger partial charge in [-0.3, -0.25) is 5.32 Å². The molecule has 0 bridgehead atoms. The Balaban J connectivity index is 2.84. The summed E-state index contributed by atoms with van der Waals surface area (Å²) in [7, 11) is 0. The molecule has 112 valence electrons. The van der Waals surface area contributed by atoms with Gasteiger partial charge in [0.2, 0.25) is 0 Å². The molecule has 1 aromatic carbocycles. The molecule has 1 aromatic rings. The summed E-state index contributed by atoms with van der Waals surface area (Å²) in [4.78, 5) is 11.7. The van der Waals surface area contributed by atoms with E-state index in [0.29, 0.717) is 18.5 Å². The first kappa shape index (κ1) is 16.3. The van der Waals surface area contributed by atoms with Crippen molar-refractivity contribution in [2.45, 2.75) is 38.9 Å². The molecule has 0 aliphatic heterocycles. The molecule has 0 aliphatic carbocycles. The van der Waals surface area contributed by atoms with Gasteiger partial charge in [0, 0.05) is 0 Å². The predicted octanol–water partition coefficient (Wildman–Crippen LogP) is 2.12. The summed E-state index contributed by atoms with van der Waals surface area (Å²) in [5.41, 5.74) is 5.51. The molecule has 20 heavy (non-hydrogen) atoms. The van der Waals surface area contributed by atoms with Crippen LogP contribution in [-0.4, -0.2) is 28.5 Å². The summed E-state index contributed by atoms with van der Waals surface area (Å²) in [5.74, 6) is -0.0976. The van der Waals surface area contributed by atoms with Crippen molar-refractivity contribution in [3.8, 4) is 5.75 Å². The Kier molecular flexibility index (Phi) is 5.35. The second-order valence-electron chi connectivity index (χ2n) is 5.50. The van der Waals surface area contributed by atoms with Gasteiger partial charge in [0.05, 0.1) is 11.8 Å². The highest BCUT2D eigenvalue weighted by molar-refractivity contribution is 5.87. The Hall–Kier alpha value is -1.79. The SMILES string of the molecule is CC(C)(C)OC(=O)Nc1cc([C@H](O)CCN)ccc1O. The Morgan fingerprint density at radius 2 is 2.10 bits per heavy atom. The highest BCUT2D eigenvalue weighted by atomic mass is 16.6. The number of anilines is 1. The van der Waals surface area contributed by atoms with Crippen molar-refractivity contribution in [2.75, 3.05) is 11.9 Å². The van der Waals surface area contributed by atoms with Crippen molar-refractivity contribution in [2.24, 2.45) is 5.73 Å². The number of rotatable bonds is 4. The van der Waals surface area contributed by atoms with Gasteiger partial charge in [-0.15, -0.1) is 0 Å². The monoisotopic (exact) mass is 282 g/mol. The molecule has 1 amide bonds. The lowest BCUT2D eigenvalue weighted by atomic mass is 10.1. The topological polar surface area (TPSA) is 105 Å². The molecule has 0 radical (unpaired) electrons. The van der Waals surface area contributed by atoms with E-state index in [-0.39, 0.29) is 11.4 Å². The third-order valence-corrected chi connectivity index (χ3v) is 2.48. The third-order valence-electron chi connectivity index (χ3n) is 2.48. The van der Waals surface area contributed by atoms with E-state index in [9.17, 15) is 15.0 Å². The van der Waals surface area contributed by atoms with Gasteiger partial charge >= 0.3 is 6.09 Å². The fraction of sp³-hybridized carbons (Fsp3) is 0.500. The number of benzene rings is 1. The van der Waals surface area contributed by atoms with Crippen LogP contribution in [0, 0.1) is 0 Å². The predicted molar refractivity (Wildman–Crippen MR) is 76.6 cm³/mol. The van der Waals surface area contributed by atoms with Crippen LogP contribution in [0.5, 0.6) is 5.75 Å². The molecule has 1 atom stereocenters. The van der Waals surface area contributed by atoms with Crippen LogP contribution in [0.1, 0.15) is 38.9 Å². The van der Waals surface area contributed by atoms with Crippen molar-refractivity contribution in [3.63, 3.8) is 0 Å². The summed E-state index contributed by atoms with van der Waals surface area (Å²) in [5, 5.41) is 22.0. The normalized spacial score (nSPS) is 12.8. The first-order chi connectivity index (χ1) is 9.23. The average molecular weight is 282 g/mol. The van der Waals surface area contributed by atoms with Crippen molar-refractivity contribution in [1.82, 2.24) is 0 Å². The highest BCUT2D eigenvalue weighted by Crippen LogP contribution is 2.28. The van der Waals surface area contributed by atoms with Gasteiger partial charge in [0.15, 0.2) is 0 Å². The van der Waals surface area contributed by atoms with Gasteiger partial charge in [-0.1, -0.05) is 6.07 Å².